The van der Waals surface area contributed by atoms with E-state index in [1.807, 2.05) is 6.92 Å². The molecular formula is C10H18ClN3O2S. The number of nitrogens with one attached hydrogen (secondary N) is 2. The molecule has 0 aromatic carbocycles. The van der Waals surface area contributed by atoms with E-state index >= 15 is 0 Å². The minimum absolute atomic E-state index is 0.178. The lowest BCUT2D eigenvalue weighted by Crippen LogP contribution is -2.30. The fraction of sp³-hybridized carbons (Fsp3) is 0.700. The van der Waals surface area contributed by atoms with Crippen LogP contribution in [0.1, 0.15) is 31.2 Å². The first-order chi connectivity index (χ1) is 7.88. The molecular weight excluding hydrogens is 262 g/mol. The largest absolute Gasteiger partial charge is 0.281 e. The van der Waals surface area contributed by atoms with Crippen LogP contribution in [0.25, 0.3) is 0 Å². The Balaban J connectivity index is 2.76. The van der Waals surface area contributed by atoms with Crippen LogP contribution in [-0.4, -0.2) is 30.5 Å². The van der Waals surface area contributed by atoms with Crippen LogP contribution in [0.4, 0.5) is 0 Å². The number of hydrogen-bond donors (Lipinski definition) is 2. The standard InChI is InChI=1S/C10H18ClN3O2S/c1-4-5-9(11)6-12-17(15,16)10-7(2)13-14-8(10)3/h9,12H,4-6H2,1-3H3,(H,13,14). The molecule has 0 spiro atoms. The Bertz CT molecular complexity index is 450. The summed E-state index contributed by atoms with van der Waals surface area (Å²) in [6, 6.07) is 0. The highest BCUT2D eigenvalue weighted by molar-refractivity contribution is 7.89. The van der Waals surface area contributed by atoms with Gasteiger partial charge in [-0.3, -0.25) is 5.10 Å². The molecule has 1 rings (SSSR count). The molecule has 0 fully saturated rings. The fourth-order valence-electron chi connectivity index (χ4n) is 1.62. The number of nitrogens with zero attached hydrogens (tertiary/aromatic N) is 1. The van der Waals surface area contributed by atoms with Crippen LogP contribution in [0.3, 0.4) is 0 Å². The Kier molecular flexibility index (Phi) is 4.97. The lowest BCUT2D eigenvalue weighted by atomic mass is 10.2. The first-order valence-electron chi connectivity index (χ1n) is 5.53. The lowest BCUT2D eigenvalue weighted by molar-refractivity contribution is 0.575. The van der Waals surface area contributed by atoms with Crippen molar-refractivity contribution in [1.29, 1.82) is 0 Å². The quantitative estimate of drug-likeness (QED) is 0.779. The third kappa shape index (κ3) is 3.69. The van der Waals surface area contributed by atoms with Crippen molar-refractivity contribution in [3.8, 4) is 0 Å². The van der Waals surface area contributed by atoms with Gasteiger partial charge in [0.25, 0.3) is 0 Å². The van der Waals surface area contributed by atoms with E-state index in [9.17, 15) is 8.42 Å². The van der Waals surface area contributed by atoms with Gasteiger partial charge >= 0.3 is 0 Å². The number of halogens is 1. The normalized spacial score (nSPS) is 13.9. The van der Waals surface area contributed by atoms with Gasteiger partial charge in [0.2, 0.25) is 10.0 Å². The summed E-state index contributed by atoms with van der Waals surface area (Å²) in [5.74, 6) is 0. The molecule has 0 aliphatic rings. The van der Waals surface area contributed by atoms with Crippen molar-refractivity contribution in [3.05, 3.63) is 11.4 Å². The van der Waals surface area contributed by atoms with Crippen LogP contribution in [0.15, 0.2) is 4.90 Å². The van der Waals surface area contributed by atoms with E-state index in [1.54, 1.807) is 13.8 Å². The van der Waals surface area contributed by atoms with Crippen LogP contribution in [0, 0.1) is 13.8 Å². The number of H-pyrrole nitrogens is 1. The van der Waals surface area contributed by atoms with Crippen molar-refractivity contribution in [3.63, 3.8) is 0 Å². The van der Waals surface area contributed by atoms with E-state index in [0.29, 0.717) is 11.4 Å². The van der Waals surface area contributed by atoms with Gasteiger partial charge in [0.15, 0.2) is 0 Å². The predicted octanol–water partition coefficient (Wildman–Crippen LogP) is 1.71. The molecule has 0 saturated heterocycles. The fourth-order valence-corrected chi connectivity index (χ4v) is 3.46. The average molecular weight is 280 g/mol. The predicted molar refractivity (Wildman–Crippen MR) is 67.8 cm³/mol. The summed E-state index contributed by atoms with van der Waals surface area (Å²) in [5, 5.41) is 6.34. The van der Waals surface area contributed by atoms with E-state index in [1.165, 1.54) is 0 Å². The molecule has 2 N–H and O–H groups in total. The summed E-state index contributed by atoms with van der Waals surface area (Å²) >= 11 is 5.98. The summed E-state index contributed by atoms with van der Waals surface area (Å²) in [6.45, 7) is 5.58. The monoisotopic (exact) mass is 279 g/mol. The zero-order valence-electron chi connectivity index (χ0n) is 10.2. The molecule has 0 amide bonds. The summed E-state index contributed by atoms with van der Waals surface area (Å²) in [4.78, 5) is 0.220. The highest BCUT2D eigenvalue weighted by Gasteiger charge is 2.22. The Morgan fingerprint density at radius 3 is 2.59 bits per heavy atom. The van der Waals surface area contributed by atoms with E-state index in [2.05, 4.69) is 14.9 Å². The third-order valence-electron chi connectivity index (χ3n) is 2.43. The zero-order chi connectivity index (χ0) is 13.1. The van der Waals surface area contributed by atoms with Gasteiger partial charge in [0.05, 0.1) is 11.4 Å². The molecule has 1 aromatic rings. The Morgan fingerprint density at radius 1 is 1.47 bits per heavy atom. The van der Waals surface area contributed by atoms with Gasteiger partial charge in [-0.15, -0.1) is 11.6 Å². The molecule has 98 valence electrons. The minimum Gasteiger partial charge on any atom is -0.281 e. The van der Waals surface area contributed by atoms with E-state index in [4.69, 9.17) is 11.6 Å². The van der Waals surface area contributed by atoms with Crippen molar-refractivity contribution in [2.24, 2.45) is 0 Å². The molecule has 5 nitrogen and oxygen atoms in total. The molecule has 0 radical (unpaired) electrons. The molecule has 1 atom stereocenters. The van der Waals surface area contributed by atoms with Gasteiger partial charge in [0.1, 0.15) is 4.90 Å². The van der Waals surface area contributed by atoms with E-state index in [0.717, 1.165) is 12.8 Å². The maximum Gasteiger partial charge on any atom is 0.244 e. The number of aryl methyl sites for hydroxylation is 2. The minimum atomic E-state index is -3.52. The van der Waals surface area contributed by atoms with Gasteiger partial charge < -0.3 is 0 Å². The number of sulfonamides is 1. The number of aromatic amines is 1. The molecule has 0 saturated carbocycles. The van der Waals surface area contributed by atoms with Crippen LogP contribution in [0.5, 0.6) is 0 Å². The van der Waals surface area contributed by atoms with Gasteiger partial charge in [-0.05, 0) is 20.3 Å². The summed E-state index contributed by atoms with van der Waals surface area (Å²) < 4.78 is 26.5. The summed E-state index contributed by atoms with van der Waals surface area (Å²) in [7, 11) is -3.52. The first kappa shape index (κ1) is 14.5. The van der Waals surface area contributed by atoms with Gasteiger partial charge in [0, 0.05) is 11.9 Å². The second-order valence-electron chi connectivity index (χ2n) is 4.00. The maximum absolute atomic E-state index is 12.0. The van der Waals surface area contributed by atoms with Crippen LogP contribution in [0.2, 0.25) is 0 Å². The molecule has 0 aliphatic carbocycles. The topological polar surface area (TPSA) is 74.8 Å². The number of rotatable bonds is 6. The van der Waals surface area contributed by atoms with E-state index in [-0.39, 0.29) is 16.8 Å². The molecule has 1 heterocycles. The van der Waals surface area contributed by atoms with Gasteiger partial charge in [-0.2, -0.15) is 5.10 Å². The second-order valence-corrected chi connectivity index (χ2v) is 6.32. The van der Waals surface area contributed by atoms with Crippen molar-refractivity contribution in [2.75, 3.05) is 6.54 Å². The number of hydrogen-bond acceptors (Lipinski definition) is 3. The van der Waals surface area contributed by atoms with Crippen molar-refractivity contribution in [2.45, 2.75) is 43.9 Å². The number of alkyl halides is 1. The van der Waals surface area contributed by atoms with E-state index < -0.39 is 10.0 Å². The second kappa shape index (κ2) is 5.84. The Hall–Kier alpha value is -0.590. The average Bonchev–Trinajstić information content (AvgIpc) is 2.57. The summed E-state index contributed by atoms with van der Waals surface area (Å²) in [5.41, 5.74) is 1.01. The first-order valence-corrected chi connectivity index (χ1v) is 7.45. The van der Waals surface area contributed by atoms with Crippen molar-refractivity contribution < 1.29 is 8.42 Å². The smallest absolute Gasteiger partial charge is 0.244 e. The van der Waals surface area contributed by atoms with Crippen molar-refractivity contribution in [1.82, 2.24) is 14.9 Å². The number of aromatic nitrogens is 2. The molecule has 0 aliphatic heterocycles. The van der Waals surface area contributed by atoms with Crippen LogP contribution < -0.4 is 4.72 Å². The molecule has 1 unspecified atom stereocenters. The molecule has 0 bridgehead atoms. The van der Waals surface area contributed by atoms with Crippen LogP contribution in [-0.2, 0) is 10.0 Å². The third-order valence-corrected chi connectivity index (χ3v) is 4.48. The molecule has 7 heteroatoms. The van der Waals surface area contributed by atoms with Crippen LogP contribution >= 0.6 is 11.6 Å². The lowest BCUT2D eigenvalue weighted by Gasteiger charge is -2.10. The Labute approximate surface area is 107 Å². The zero-order valence-corrected chi connectivity index (χ0v) is 11.8. The molecule has 1 aromatic heterocycles. The Morgan fingerprint density at radius 2 is 2.12 bits per heavy atom. The van der Waals surface area contributed by atoms with Gasteiger partial charge in [-0.25, -0.2) is 13.1 Å². The van der Waals surface area contributed by atoms with Gasteiger partial charge in [-0.1, -0.05) is 13.3 Å². The summed E-state index contributed by atoms with van der Waals surface area (Å²) in [6.07, 6.45) is 1.72. The maximum atomic E-state index is 12.0. The SMILES string of the molecule is CCCC(Cl)CNS(=O)(=O)c1c(C)n[nH]c1C. The highest BCUT2D eigenvalue weighted by Crippen LogP contribution is 2.16. The highest BCUT2D eigenvalue weighted by atomic mass is 35.5. The van der Waals surface area contributed by atoms with Crippen molar-refractivity contribution >= 4 is 21.6 Å². The molecule has 17 heavy (non-hydrogen) atoms.